The van der Waals surface area contributed by atoms with Gasteiger partial charge in [-0.3, -0.25) is 9.59 Å². The quantitative estimate of drug-likeness (QED) is 0.611. The number of hydrogen-bond acceptors (Lipinski definition) is 2. The minimum Gasteiger partial charge on any atom is -0.363 e. The second-order valence-electron chi connectivity index (χ2n) is 3.72. The Morgan fingerprint density at radius 3 is 2.56 bits per heavy atom. The van der Waals surface area contributed by atoms with Crippen molar-refractivity contribution >= 4 is 22.5 Å². The maximum absolute atomic E-state index is 11.6. The average molecular weight is 213 g/mol. The molecule has 1 amide bonds. The van der Waals surface area contributed by atoms with Gasteiger partial charge in [0.05, 0.1) is 0 Å². The van der Waals surface area contributed by atoms with Crippen molar-refractivity contribution in [1.82, 2.24) is 0 Å². The van der Waals surface area contributed by atoms with Crippen molar-refractivity contribution in [3.05, 3.63) is 47.5 Å². The first kappa shape index (κ1) is 10.4. The SMILES string of the molecule is Cc1ccc2cccc(C(=O)C(N)=O)c2c1. The second-order valence-corrected chi connectivity index (χ2v) is 3.72. The Morgan fingerprint density at radius 1 is 1.12 bits per heavy atom. The standard InChI is InChI=1S/C13H11NO2/c1-8-5-6-9-3-2-4-10(11(9)7-8)12(15)13(14)16/h2-7H,1H3,(H2,14,16). The van der Waals surface area contributed by atoms with Crippen LogP contribution in [0.3, 0.4) is 0 Å². The molecular weight excluding hydrogens is 202 g/mol. The first-order valence-electron chi connectivity index (χ1n) is 4.93. The third-order valence-corrected chi connectivity index (χ3v) is 2.51. The van der Waals surface area contributed by atoms with Crippen LogP contribution >= 0.6 is 0 Å². The van der Waals surface area contributed by atoms with Crippen molar-refractivity contribution in [3.8, 4) is 0 Å². The molecule has 2 N–H and O–H groups in total. The zero-order valence-corrected chi connectivity index (χ0v) is 8.86. The van der Waals surface area contributed by atoms with Crippen LogP contribution in [0.25, 0.3) is 10.8 Å². The molecule has 0 fully saturated rings. The van der Waals surface area contributed by atoms with E-state index < -0.39 is 11.7 Å². The fourth-order valence-electron chi connectivity index (χ4n) is 1.72. The van der Waals surface area contributed by atoms with Gasteiger partial charge >= 0.3 is 0 Å². The van der Waals surface area contributed by atoms with E-state index in [1.165, 1.54) is 0 Å². The lowest BCUT2D eigenvalue weighted by Crippen LogP contribution is -2.23. The van der Waals surface area contributed by atoms with Gasteiger partial charge in [-0.15, -0.1) is 0 Å². The fraction of sp³-hybridized carbons (Fsp3) is 0.0769. The van der Waals surface area contributed by atoms with Crippen LogP contribution in [0.5, 0.6) is 0 Å². The van der Waals surface area contributed by atoms with E-state index in [0.29, 0.717) is 5.56 Å². The van der Waals surface area contributed by atoms with Gasteiger partial charge in [-0.1, -0.05) is 42.0 Å². The molecule has 2 aromatic rings. The van der Waals surface area contributed by atoms with Gasteiger partial charge in [-0.05, 0) is 17.7 Å². The van der Waals surface area contributed by atoms with Crippen LogP contribution in [-0.4, -0.2) is 11.7 Å². The van der Waals surface area contributed by atoms with Crippen LogP contribution < -0.4 is 5.73 Å². The summed E-state index contributed by atoms with van der Waals surface area (Å²) < 4.78 is 0. The van der Waals surface area contributed by atoms with Gasteiger partial charge in [0, 0.05) is 5.56 Å². The molecule has 80 valence electrons. The summed E-state index contributed by atoms with van der Waals surface area (Å²) in [4.78, 5) is 22.5. The lowest BCUT2D eigenvalue weighted by atomic mass is 9.99. The Hall–Kier alpha value is -2.16. The Labute approximate surface area is 92.9 Å². The maximum Gasteiger partial charge on any atom is 0.289 e. The van der Waals surface area contributed by atoms with Crippen molar-refractivity contribution in [2.45, 2.75) is 6.92 Å². The summed E-state index contributed by atoms with van der Waals surface area (Å²) >= 11 is 0. The summed E-state index contributed by atoms with van der Waals surface area (Å²) in [5, 5.41) is 1.70. The molecule has 0 aromatic heterocycles. The molecule has 0 radical (unpaired) electrons. The molecule has 0 unspecified atom stereocenters. The van der Waals surface area contributed by atoms with Gasteiger partial charge in [0.25, 0.3) is 11.7 Å². The van der Waals surface area contributed by atoms with Gasteiger partial charge in [-0.2, -0.15) is 0 Å². The number of rotatable bonds is 2. The largest absolute Gasteiger partial charge is 0.363 e. The van der Waals surface area contributed by atoms with E-state index in [1.54, 1.807) is 12.1 Å². The molecule has 2 rings (SSSR count). The number of carbonyl (C=O) groups is 2. The molecule has 0 saturated carbocycles. The Kier molecular flexibility index (Phi) is 2.44. The molecule has 0 aliphatic carbocycles. The molecule has 0 aliphatic heterocycles. The third kappa shape index (κ3) is 1.67. The molecule has 16 heavy (non-hydrogen) atoms. The first-order chi connectivity index (χ1) is 7.59. The summed E-state index contributed by atoms with van der Waals surface area (Å²) in [5.41, 5.74) is 6.42. The van der Waals surface area contributed by atoms with Gasteiger partial charge in [0.2, 0.25) is 0 Å². The van der Waals surface area contributed by atoms with Gasteiger partial charge in [0.15, 0.2) is 0 Å². The summed E-state index contributed by atoms with van der Waals surface area (Å²) in [6.45, 7) is 1.94. The number of fused-ring (bicyclic) bond motifs is 1. The van der Waals surface area contributed by atoms with Gasteiger partial charge in [0.1, 0.15) is 0 Å². The molecule has 0 heterocycles. The number of primary amides is 1. The van der Waals surface area contributed by atoms with Gasteiger partial charge < -0.3 is 5.73 Å². The summed E-state index contributed by atoms with van der Waals surface area (Å²) in [6, 6.07) is 11.0. The summed E-state index contributed by atoms with van der Waals surface area (Å²) in [7, 11) is 0. The van der Waals surface area contributed by atoms with Crippen LogP contribution in [0.4, 0.5) is 0 Å². The number of aryl methyl sites for hydroxylation is 1. The highest BCUT2D eigenvalue weighted by molar-refractivity contribution is 6.44. The first-order valence-corrected chi connectivity index (χ1v) is 4.93. The molecule has 0 spiro atoms. The van der Waals surface area contributed by atoms with Crippen LogP contribution in [0.15, 0.2) is 36.4 Å². The lowest BCUT2D eigenvalue weighted by molar-refractivity contribution is -0.114. The van der Waals surface area contributed by atoms with Crippen LogP contribution in [0, 0.1) is 6.92 Å². The van der Waals surface area contributed by atoms with Crippen molar-refractivity contribution in [2.75, 3.05) is 0 Å². The highest BCUT2D eigenvalue weighted by Gasteiger charge is 2.14. The Balaban J connectivity index is 2.74. The van der Waals surface area contributed by atoms with E-state index in [9.17, 15) is 9.59 Å². The molecular formula is C13H11NO2. The molecule has 2 aromatic carbocycles. The van der Waals surface area contributed by atoms with Crippen molar-refractivity contribution in [3.63, 3.8) is 0 Å². The van der Waals surface area contributed by atoms with E-state index in [-0.39, 0.29) is 0 Å². The zero-order chi connectivity index (χ0) is 11.7. The molecule has 3 heteroatoms. The van der Waals surface area contributed by atoms with E-state index in [4.69, 9.17) is 5.73 Å². The monoisotopic (exact) mass is 213 g/mol. The number of carbonyl (C=O) groups excluding carboxylic acids is 2. The lowest BCUT2D eigenvalue weighted by Gasteiger charge is -2.04. The molecule has 0 atom stereocenters. The topological polar surface area (TPSA) is 60.2 Å². The van der Waals surface area contributed by atoms with Crippen LogP contribution in [-0.2, 0) is 4.79 Å². The second kappa shape index (κ2) is 3.77. The zero-order valence-electron chi connectivity index (χ0n) is 8.86. The Morgan fingerprint density at radius 2 is 1.88 bits per heavy atom. The smallest absolute Gasteiger partial charge is 0.289 e. The number of benzene rings is 2. The number of hydrogen-bond donors (Lipinski definition) is 1. The number of amides is 1. The highest BCUT2D eigenvalue weighted by Crippen LogP contribution is 2.20. The predicted molar refractivity (Wildman–Crippen MR) is 62.2 cm³/mol. The number of nitrogens with two attached hydrogens (primary N) is 1. The number of ketones is 1. The minimum atomic E-state index is -0.922. The van der Waals surface area contributed by atoms with Crippen molar-refractivity contribution < 1.29 is 9.59 Å². The minimum absolute atomic E-state index is 0.369. The predicted octanol–water partition coefficient (Wildman–Crippen LogP) is 1.82. The Bertz CT molecular complexity index is 588. The normalized spacial score (nSPS) is 10.3. The van der Waals surface area contributed by atoms with E-state index >= 15 is 0 Å². The van der Waals surface area contributed by atoms with Gasteiger partial charge in [-0.25, -0.2) is 0 Å². The molecule has 0 saturated heterocycles. The summed E-state index contributed by atoms with van der Waals surface area (Å²) in [6.07, 6.45) is 0. The summed E-state index contributed by atoms with van der Waals surface area (Å²) in [5.74, 6) is -1.56. The highest BCUT2D eigenvalue weighted by atomic mass is 16.2. The molecule has 0 bridgehead atoms. The van der Waals surface area contributed by atoms with E-state index in [2.05, 4.69) is 0 Å². The van der Waals surface area contributed by atoms with E-state index in [1.807, 2.05) is 31.2 Å². The average Bonchev–Trinajstić information content (AvgIpc) is 2.27. The molecule has 3 nitrogen and oxygen atoms in total. The third-order valence-electron chi connectivity index (χ3n) is 2.51. The van der Waals surface area contributed by atoms with Crippen LogP contribution in [0.1, 0.15) is 15.9 Å². The molecule has 0 aliphatic rings. The fourth-order valence-corrected chi connectivity index (χ4v) is 1.72. The van der Waals surface area contributed by atoms with Crippen LogP contribution in [0.2, 0.25) is 0 Å². The van der Waals surface area contributed by atoms with Crippen molar-refractivity contribution in [1.29, 1.82) is 0 Å². The van der Waals surface area contributed by atoms with Crippen molar-refractivity contribution in [2.24, 2.45) is 5.73 Å². The number of Topliss-reactive ketones (excluding diaryl/α,β-unsaturated/α-hetero) is 1. The maximum atomic E-state index is 11.6. The van der Waals surface area contributed by atoms with E-state index in [0.717, 1.165) is 16.3 Å².